The zero-order valence-corrected chi connectivity index (χ0v) is 17.5. The number of carbonyl (C=O) groups excluding carboxylic acids is 2. The summed E-state index contributed by atoms with van der Waals surface area (Å²) >= 11 is 3.10. The lowest BCUT2D eigenvalue weighted by Gasteiger charge is -2.31. The number of hydrogen-bond donors (Lipinski definition) is 1. The van der Waals surface area contributed by atoms with E-state index in [-0.39, 0.29) is 17.7 Å². The summed E-state index contributed by atoms with van der Waals surface area (Å²) in [4.78, 5) is 30.1. The molecule has 3 aromatic rings. The van der Waals surface area contributed by atoms with Crippen LogP contribution in [0.5, 0.6) is 0 Å². The third kappa shape index (κ3) is 4.89. The van der Waals surface area contributed by atoms with Crippen molar-refractivity contribution in [3.8, 4) is 0 Å². The Hall–Kier alpha value is -2.57. The van der Waals surface area contributed by atoms with Crippen LogP contribution in [0.1, 0.15) is 22.5 Å². The molecule has 1 aliphatic rings. The number of piperidine rings is 1. The first-order valence-electron chi connectivity index (χ1n) is 9.66. The SMILES string of the molecule is O=C(Nc1ccccc1Sc1ccccc1)C1CCN(C(=O)c2cccs2)CC1. The van der Waals surface area contributed by atoms with Gasteiger partial charge in [-0.3, -0.25) is 9.59 Å². The summed E-state index contributed by atoms with van der Waals surface area (Å²) in [6.07, 6.45) is 1.38. The standard InChI is InChI=1S/C23H22N2O2S2/c26-22(17-12-14-25(15-13-17)23(27)21-11-6-16-28-21)24-19-9-4-5-10-20(19)29-18-7-2-1-3-8-18/h1-11,16-17H,12-15H2,(H,24,26). The van der Waals surface area contributed by atoms with Crippen LogP contribution in [0.3, 0.4) is 0 Å². The van der Waals surface area contributed by atoms with Crippen LogP contribution in [0.2, 0.25) is 0 Å². The molecule has 1 aromatic heterocycles. The second-order valence-corrected chi connectivity index (χ2v) is 9.01. The molecule has 0 saturated carbocycles. The summed E-state index contributed by atoms with van der Waals surface area (Å²) in [6.45, 7) is 1.24. The summed E-state index contributed by atoms with van der Waals surface area (Å²) in [5.74, 6) is 0.0370. The molecule has 0 bridgehead atoms. The number of nitrogens with zero attached hydrogens (tertiary/aromatic N) is 1. The molecule has 1 N–H and O–H groups in total. The highest BCUT2D eigenvalue weighted by atomic mass is 32.2. The van der Waals surface area contributed by atoms with Crippen molar-refractivity contribution in [2.45, 2.75) is 22.6 Å². The lowest BCUT2D eigenvalue weighted by atomic mass is 9.95. The topological polar surface area (TPSA) is 49.4 Å². The minimum atomic E-state index is -0.0721. The number of rotatable bonds is 5. The van der Waals surface area contributed by atoms with E-state index in [0.29, 0.717) is 25.9 Å². The monoisotopic (exact) mass is 422 g/mol. The molecule has 4 rings (SSSR count). The maximum atomic E-state index is 12.9. The third-order valence-corrected chi connectivity index (χ3v) is 6.94. The third-order valence-electron chi connectivity index (χ3n) is 5.00. The Labute approximate surface area is 178 Å². The van der Waals surface area contributed by atoms with Gasteiger partial charge in [0, 0.05) is 28.8 Å². The molecule has 2 amide bonds. The molecule has 2 aromatic carbocycles. The fraction of sp³-hybridized carbons (Fsp3) is 0.217. The van der Waals surface area contributed by atoms with Crippen molar-refractivity contribution in [2.24, 2.45) is 5.92 Å². The van der Waals surface area contributed by atoms with E-state index in [1.54, 1.807) is 11.8 Å². The first-order chi connectivity index (χ1) is 14.2. The van der Waals surface area contributed by atoms with Crippen LogP contribution in [0.15, 0.2) is 81.9 Å². The van der Waals surface area contributed by atoms with E-state index in [9.17, 15) is 9.59 Å². The summed E-state index contributed by atoms with van der Waals surface area (Å²) in [5.41, 5.74) is 0.837. The van der Waals surface area contributed by atoms with E-state index in [2.05, 4.69) is 17.4 Å². The fourth-order valence-corrected chi connectivity index (χ4v) is 5.02. The van der Waals surface area contributed by atoms with E-state index < -0.39 is 0 Å². The van der Waals surface area contributed by atoms with Gasteiger partial charge in [-0.2, -0.15) is 0 Å². The molecule has 1 fully saturated rings. The molecule has 148 valence electrons. The van der Waals surface area contributed by atoms with E-state index in [1.165, 1.54) is 11.3 Å². The maximum Gasteiger partial charge on any atom is 0.263 e. The van der Waals surface area contributed by atoms with Gasteiger partial charge in [0.05, 0.1) is 10.6 Å². The minimum Gasteiger partial charge on any atom is -0.338 e. The smallest absolute Gasteiger partial charge is 0.263 e. The Morgan fingerprint density at radius 1 is 0.931 bits per heavy atom. The van der Waals surface area contributed by atoms with Crippen LogP contribution in [0.4, 0.5) is 5.69 Å². The zero-order valence-electron chi connectivity index (χ0n) is 15.9. The van der Waals surface area contributed by atoms with Crippen molar-refractivity contribution in [3.63, 3.8) is 0 Å². The average Bonchev–Trinajstić information content (AvgIpc) is 3.30. The van der Waals surface area contributed by atoms with Gasteiger partial charge in [-0.05, 0) is 48.6 Å². The Morgan fingerprint density at radius 2 is 1.66 bits per heavy atom. The number of carbonyl (C=O) groups is 2. The van der Waals surface area contributed by atoms with Gasteiger partial charge < -0.3 is 10.2 Å². The van der Waals surface area contributed by atoms with Gasteiger partial charge in [-0.15, -0.1) is 11.3 Å². The lowest BCUT2D eigenvalue weighted by Crippen LogP contribution is -2.41. The van der Waals surface area contributed by atoms with Gasteiger partial charge in [0.2, 0.25) is 5.91 Å². The lowest BCUT2D eigenvalue weighted by molar-refractivity contribution is -0.121. The average molecular weight is 423 g/mol. The molecule has 0 radical (unpaired) electrons. The summed E-state index contributed by atoms with van der Waals surface area (Å²) < 4.78 is 0. The summed E-state index contributed by atoms with van der Waals surface area (Å²) in [5, 5.41) is 5.03. The Morgan fingerprint density at radius 3 is 2.38 bits per heavy atom. The van der Waals surface area contributed by atoms with Crippen molar-refractivity contribution >= 4 is 40.6 Å². The van der Waals surface area contributed by atoms with Crippen LogP contribution < -0.4 is 5.32 Å². The predicted octanol–water partition coefficient (Wildman–Crippen LogP) is 5.39. The second-order valence-electron chi connectivity index (χ2n) is 6.94. The minimum absolute atomic E-state index is 0.0364. The number of likely N-dealkylation sites (tertiary alicyclic amines) is 1. The molecule has 29 heavy (non-hydrogen) atoms. The second kappa shape index (κ2) is 9.29. The van der Waals surface area contributed by atoms with Crippen molar-refractivity contribution in [1.82, 2.24) is 4.90 Å². The number of para-hydroxylation sites is 1. The highest BCUT2D eigenvalue weighted by Gasteiger charge is 2.28. The first-order valence-corrected chi connectivity index (χ1v) is 11.4. The number of nitrogens with one attached hydrogen (secondary N) is 1. The normalized spacial score (nSPS) is 14.6. The zero-order chi connectivity index (χ0) is 20.1. The molecular formula is C23H22N2O2S2. The van der Waals surface area contributed by atoms with Crippen LogP contribution in [0, 0.1) is 5.92 Å². The Kier molecular flexibility index (Phi) is 6.32. The van der Waals surface area contributed by atoms with Gasteiger partial charge >= 0.3 is 0 Å². The van der Waals surface area contributed by atoms with Gasteiger partial charge in [-0.1, -0.05) is 48.2 Å². The first kappa shape index (κ1) is 19.7. The molecule has 1 aliphatic heterocycles. The molecule has 6 heteroatoms. The van der Waals surface area contributed by atoms with E-state index in [0.717, 1.165) is 20.4 Å². The van der Waals surface area contributed by atoms with Crippen molar-refractivity contribution < 1.29 is 9.59 Å². The van der Waals surface area contributed by atoms with Crippen molar-refractivity contribution in [1.29, 1.82) is 0 Å². The van der Waals surface area contributed by atoms with Gasteiger partial charge in [0.15, 0.2) is 0 Å². The van der Waals surface area contributed by atoms with Gasteiger partial charge in [0.1, 0.15) is 0 Å². The predicted molar refractivity (Wildman–Crippen MR) is 119 cm³/mol. The number of benzene rings is 2. The highest BCUT2D eigenvalue weighted by molar-refractivity contribution is 7.99. The van der Waals surface area contributed by atoms with Gasteiger partial charge in [0.25, 0.3) is 5.91 Å². The highest BCUT2D eigenvalue weighted by Crippen LogP contribution is 2.33. The number of anilines is 1. The van der Waals surface area contributed by atoms with Gasteiger partial charge in [-0.25, -0.2) is 0 Å². The molecule has 0 spiro atoms. The molecule has 4 nitrogen and oxygen atoms in total. The van der Waals surface area contributed by atoms with Crippen molar-refractivity contribution in [3.05, 3.63) is 77.0 Å². The molecule has 2 heterocycles. The van der Waals surface area contributed by atoms with Crippen LogP contribution in [-0.2, 0) is 4.79 Å². The Balaban J connectivity index is 1.36. The molecular weight excluding hydrogens is 400 g/mol. The molecule has 0 atom stereocenters. The van der Waals surface area contributed by atoms with Crippen molar-refractivity contribution in [2.75, 3.05) is 18.4 Å². The largest absolute Gasteiger partial charge is 0.338 e. The number of thiophene rings is 1. The Bertz CT molecular complexity index is 966. The number of hydrogen-bond acceptors (Lipinski definition) is 4. The molecule has 0 unspecified atom stereocenters. The van der Waals surface area contributed by atoms with Crippen LogP contribution in [-0.4, -0.2) is 29.8 Å². The van der Waals surface area contributed by atoms with E-state index >= 15 is 0 Å². The number of amides is 2. The maximum absolute atomic E-state index is 12.9. The van der Waals surface area contributed by atoms with Crippen LogP contribution in [0.25, 0.3) is 0 Å². The quantitative estimate of drug-likeness (QED) is 0.600. The summed E-state index contributed by atoms with van der Waals surface area (Å²) in [7, 11) is 0. The fourth-order valence-electron chi connectivity index (χ4n) is 3.41. The molecule has 0 aliphatic carbocycles. The van der Waals surface area contributed by atoms with E-state index in [1.807, 2.05) is 64.9 Å². The van der Waals surface area contributed by atoms with E-state index in [4.69, 9.17) is 0 Å². The summed E-state index contributed by atoms with van der Waals surface area (Å²) in [6, 6.07) is 21.8. The van der Waals surface area contributed by atoms with Crippen LogP contribution >= 0.6 is 23.1 Å². The molecule has 1 saturated heterocycles.